The summed E-state index contributed by atoms with van der Waals surface area (Å²) < 4.78 is 6.13. The zero-order valence-electron chi connectivity index (χ0n) is 11.1. The highest BCUT2D eigenvalue weighted by molar-refractivity contribution is 9.10. The number of nitrogens with one attached hydrogen (secondary N) is 1. The maximum atomic E-state index is 11.5. The zero-order valence-corrected chi connectivity index (χ0v) is 13.5. The molecule has 1 aromatic heterocycles. The highest BCUT2D eigenvalue weighted by atomic mass is 79.9. The molecule has 2 aromatic rings. The highest BCUT2D eigenvalue weighted by Gasteiger charge is 2.08. The van der Waals surface area contributed by atoms with E-state index >= 15 is 0 Å². The van der Waals surface area contributed by atoms with Crippen molar-refractivity contribution in [3.8, 4) is 5.75 Å². The first-order valence-corrected chi connectivity index (χ1v) is 7.60. The van der Waals surface area contributed by atoms with Crippen molar-refractivity contribution >= 4 is 44.4 Å². The number of halogens is 1. The van der Waals surface area contributed by atoms with E-state index in [0.29, 0.717) is 10.6 Å². The van der Waals surface area contributed by atoms with Gasteiger partial charge in [0.15, 0.2) is 6.61 Å². The minimum absolute atomic E-state index is 0.0192. The molecule has 22 heavy (non-hydrogen) atoms. The van der Waals surface area contributed by atoms with Crippen molar-refractivity contribution in [2.24, 2.45) is 5.10 Å². The van der Waals surface area contributed by atoms with Gasteiger partial charge < -0.3 is 4.74 Å². The Balaban J connectivity index is 1.79. The van der Waals surface area contributed by atoms with E-state index in [1.807, 2.05) is 6.07 Å². The van der Waals surface area contributed by atoms with E-state index in [4.69, 9.17) is 4.74 Å². The fourth-order valence-corrected chi connectivity index (χ4v) is 2.49. The highest BCUT2D eigenvalue weighted by Crippen LogP contribution is 2.22. The Bertz CT molecular complexity index is 717. The molecule has 0 aliphatic carbocycles. The Hall–Kier alpha value is -2.26. The molecule has 2 rings (SSSR count). The molecule has 0 fully saturated rings. The quantitative estimate of drug-likeness (QED) is 0.471. The number of nitro groups is 1. The Morgan fingerprint density at radius 3 is 2.95 bits per heavy atom. The molecule has 1 aromatic carbocycles. The summed E-state index contributed by atoms with van der Waals surface area (Å²) in [6.07, 6.45) is 1.34. The van der Waals surface area contributed by atoms with Gasteiger partial charge in [0.25, 0.3) is 5.91 Å². The number of ether oxygens (including phenoxy) is 1. The lowest BCUT2D eigenvalue weighted by Gasteiger charge is -2.04. The van der Waals surface area contributed by atoms with E-state index in [9.17, 15) is 14.9 Å². The summed E-state index contributed by atoms with van der Waals surface area (Å²) in [6.45, 7) is -0.182. The number of benzene rings is 1. The van der Waals surface area contributed by atoms with E-state index in [1.165, 1.54) is 12.3 Å². The fraction of sp³-hybridized carbons (Fsp3) is 0.0769. The second-order valence-corrected chi connectivity index (χ2v) is 5.98. The van der Waals surface area contributed by atoms with Crippen molar-refractivity contribution in [3.05, 3.63) is 55.9 Å². The van der Waals surface area contributed by atoms with Crippen molar-refractivity contribution in [1.29, 1.82) is 0 Å². The average Bonchev–Trinajstić information content (AvgIpc) is 2.94. The van der Waals surface area contributed by atoms with Gasteiger partial charge in [-0.2, -0.15) is 5.10 Å². The second kappa shape index (κ2) is 7.66. The van der Waals surface area contributed by atoms with Gasteiger partial charge in [0.05, 0.1) is 16.0 Å². The van der Waals surface area contributed by atoms with Gasteiger partial charge in [0.1, 0.15) is 5.75 Å². The molecule has 0 unspecified atom stereocenters. The molecule has 0 saturated heterocycles. The van der Waals surface area contributed by atoms with Crippen LogP contribution in [0, 0.1) is 10.1 Å². The second-order valence-electron chi connectivity index (χ2n) is 3.97. The number of carbonyl (C=O) groups is 1. The lowest BCUT2D eigenvalue weighted by atomic mass is 10.3. The van der Waals surface area contributed by atoms with Crippen LogP contribution < -0.4 is 10.2 Å². The number of hydrazone groups is 1. The van der Waals surface area contributed by atoms with E-state index in [2.05, 4.69) is 26.5 Å². The van der Waals surface area contributed by atoms with Crippen LogP contribution in [0.2, 0.25) is 0 Å². The maximum Gasteiger partial charge on any atom is 0.324 e. The fourth-order valence-electron chi connectivity index (χ4n) is 1.42. The van der Waals surface area contributed by atoms with Crippen LogP contribution in [-0.2, 0) is 4.79 Å². The SMILES string of the molecule is O=C(COc1cccc(Br)c1)N/N=C\c1ccc([N+](=O)[O-])s1. The van der Waals surface area contributed by atoms with Gasteiger partial charge in [-0.15, -0.1) is 0 Å². The third-order valence-electron chi connectivity index (χ3n) is 2.34. The molecule has 0 radical (unpaired) electrons. The van der Waals surface area contributed by atoms with Crippen LogP contribution in [0.4, 0.5) is 5.00 Å². The minimum Gasteiger partial charge on any atom is -0.484 e. The zero-order chi connectivity index (χ0) is 15.9. The average molecular weight is 384 g/mol. The third-order valence-corrected chi connectivity index (χ3v) is 3.80. The third kappa shape index (κ3) is 4.93. The van der Waals surface area contributed by atoms with Gasteiger partial charge in [-0.05, 0) is 24.3 Å². The first kappa shape index (κ1) is 16.1. The minimum atomic E-state index is -0.480. The molecule has 1 amide bonds. The van der Waals surface area contributed by atoms with Crippen molar-refractivity contribution in [2.75, 3.05) is 6.61 Å². The van der Waals surface area contributed by atoms with Crippen LogP contribution in [0.5, 0.6) is 5.75 Å². The van der Waals surface area contributed by atoms with E-state index in [0.717, 1.165) is 15.8 Å². The number of nitrogens with zero attached hydrogens (tertiary/aromatic N) is 2. The summed E-state index contributed by atoms with van der Waals surface area (Å²) >= 11 is 4.27. The largest absolute Gasteiger partial charge is 0.484 e. The van der Waals surface area contributed by atoms with Crippen LogP contribution in [0.3, 0.4) is 0 Å². The van der Waals surface area contributed by atoms with Gasteiger partial charge >= 0.3 is 5.00 Å². The normalized spacial score (nSPS) is 10.6. The van der Waals surface area contributed by atoms with Crippen molar-refractivity contribution in [3.63, 3.8) is 0 Å². The van der Waals surface area contributed by atoms with E-state index in [-0.39, 0.29) is 11.6 Å². The molecule has 7 nitrogen and oxygen atoms in total. The summed E-state index contributed by atoms with van der Waals surface area (Å²) in [5.41, 5.74) is 2.29. The molecule has 114 valence electrons. The standard InChI is InChI=1S/C13H10BrN3O4S/c14-9-2-1-3-10(6-9)21-8-12(18)16-15-7-11-4-5-13(22-11)17(19)20/h1-7H,8H2,(H,16,18)/b15-7-. The molecular formula is C13H10BrN3O4S. The predicted octanol–water partition coefficient (Wildman–Crippen LogP) is 2.95. The smallest absolute Gasteiger partial charge is 0.324 e. The number of hydrogen-bond donors (Lipinski definition) is 1. The molecule has 0 saturated carbocycles. The molecule has 0 bridgehead atoms. The number of hydrogen-bond acceptors (Lipinski definition) is 6. The lowest BCUT2D eigenvalue weighted by molar-refractivity contribution is -0.380. The van der Waals surface area contributed by atoms with Crippen LogP contribution >= 0.6 is 27.3 Å². The Kier molecular flexibility index (Phi) is 5.61. The van der Waals surface area contributed by atoms with Crippen molar-refractivity contribution in [1.82, 2.24) is 5.43 Å². The number of thiophene rings is 1. The van der Waals surface area contributed by atoms with E-state index in [1.54, 1.807) is 24.3 Å². The summed E-state index contributed by atoms with van der Waals surface area (Å²) in [5.74, 6) is 0.129. The molecule has 1 N–H and O–H groups in total. The molecular weight excluding hydrogens is 374 g/mol. The van der Waals surface area contributed by atoms with Crippen LogP contribution in [0.25, 0.3) is 0 Å². The molecule has 0 aliphatic rings. The topological polar surface area (TPSA) is 93.8 Å². The summed E-state index contributed by atoms with van der Waals surface area (Å²) in [5, 5.41) is 14.3. The van der Waals surface area contributed by atoms with Gasteiger partial charge in [-0.1, -0.05) is 33.3 Å². The lowest BCUT2D eigenvalue weighted by Crippen LogP contribution is -2.24. The summed E-state index contributed by atoms with van der Waals surface area (Å²) in [7, 11) is 0. The van der Waals surface area contributed by atoms with E-state index < -0.39 is 10.8 Å². The van der Waals surface area contributed by atoms with Crippen LogP contribution in [-0.4, -0.2) is 23.7 Å². The first-order chi connectivity index (χ1) is 10.5. The molecule has 0 aliphatic heterocycles. The monoisotopic (exact) mass is 383 g/mol. The molecule has 9 heteroatoms. The maximum absolute atomic E-state index is 11.5. The number of amides is 1. The molecule has 0 spiro atoms. The Morgan fingerprint density at radius 2 is 2.27 bits per heavy atom. The van der Waals surface area contributed by atoms with Crippen LogP contribution in [0.15, 0.2) is 46.0 Å². The Morgan fingerprint density at radius 1 is 1.45 bits per heavy atom. The molecule has 1 heterocycles. The predicted molar refractivity (Wildman–Crippen MR) is 86.3 cm³/mol. The van der Waals surface area contributed by atoms with Crippen LogP contribution in [0.1, 0.15) is 4.88 Å². The van der Waals surface area contributed by atoms with Gasteiger partial charge in [0.2, 0.25) is 0 Å². The Labute approximate surface area is 137 Å². The summed E-state index contributed by atoms with van der Waals surface area (Å²) in [6, 6.07) is 10.0. The van der Waals surface area contributed by atoms with Crippen molar-refractivity contribution < 1.29 is 14.5 Å². The first-order valence-electron chi connectivity index (χ1n) is 5.99. The number of carbonyl (C=O) groups excluding carboxylic acids is 1. The molecule has 0 atom stereocenters. The van der Waals surface area contributed by atoms with Gasteiger partial charge in [-0.25, -0.2) is 5.43 Å². The van der Waals surface area contributed by atoms with Gasteiger partial charge in [0, 0.05) is 10.5 Å². The van der Waals surface area contributed by atoms with Gasteiger partial charge in [-0.3, -0.25) is 14.9 Å². The van der Waals surface area contributed by atoms with Crippen molar-refractivity contribution in [2.45, 2.75) is 0 Å². The number of rotatable bonds is 6. The summed E-state index contributed by atoms with van der Waals surface area (Å²) in [4.78, 5) is 22.2.